The Morgan fingerprint density at radius 2 is 1.74 bits per heavy atom. The Labute approximate surface area is 117 Å². The van der Waals surface area contributed by atoms with E-state index in [1.807, 2.05) is 0 Å². The van der Waals surface area contributed by atoms with Gasteiger partial charge in [0.05, 0.1) is 6.10 Å². The van der Waals surface area contributed by atoms with Crippen LogP contribution in [-0.2, 0) is 0 Å². The quantitative estimate of drug-likeness (QED) is 0.648. The van der Waals surface area contributed by atoms with Gasteiger partial charge in [0.25, 0.3) is 0 Å². The van der Waals surface area contributed by atoms with Gasteiger partial charge in [-0.3, -0.25) is 0 Å². The van der Waals surface area contributed by atoms with Crippen LogP contribution in [0.1, 0.15) is 58.3 Å². The number of hydrogen-bond donors (Lipinski definition) is 1. The second-order valence-corrected chi connectivity index (χ2v) is 8.02. The van der Waals surface area contributed by atoms with E-state index in [2.05, 4.69) is 19.1 Å². The molecule has 0 aromatic heterocycles. The van der Waals surface area contributed by atoms with Crippen molar-refractivity contribution in [2.24, 2.45) is 35.0 Å². The van der Waals surface area contributed by atoms with Gasteiger partial charge >= 0.3 is 0 Å². The molecule has 4 aliphatic rings. The first-order chi connectivity index (χ1) is 9.20. The van der Waals surface area contributed by atoms with Crippen LogP contribution in [0.2, 0.25) is 0 Å². The molecule has 7 atom stereocenters. The van der Waals surface area contributed by atoms with E-state index in [1.54, 1.807) is 0 Å². The largest absolute Gasteiger partial charge is 0.393 e. The third-order valence-corrected chi connectivity index (χ3v) is 7.48. The van der Waals surface area contributed by atoms with Crippen LogP contribution in [0.3, 0.4) is 0 Å². The Hall–Kier alpha value is -0.300. The minimum atomic E-state index is -0.0116. The molecular formula is C18H28O. The zero-order valence-electron chi connectivity index (χ0n) is 12.2. The summed E-state index contributed by atoms with van der Waals surface area (Å²) in [6, 6.07) is 0. The van der Waals surface area contributed by atoms with Gasteiger partial charge in [-0.25, -0.2) is 0 Å². The van der Waals surface area contributed by atoms with Gasteiger partial charge in [0.15, 0.2) is 0 Å². The number of hydrogen-bond acceptors (Lipinski definition) is 1. The first kappa shape index (κ1) is 12.4. The Balaban J connectivity index is 1.61. The average Bonchev–Trinajstić information content (AvgIpc) is 2.75. The van der Waals surface area contributed by atoms with Crippen LogP contribution < -0.4 is 0 Å². The lowest BCUT2D eigenvalue weighted by Crippen LogP contribution is -2.48. The highest BCUT2D eigenvalue weighted by molar-refractivity contribution is 5.08. The Bertz CT molecular complexity index is 387. The molecule has 0 heterocycles. The SMILES string of the molecule is C[C@]12CC[C@H]3[C@@H](CC[C@H]4CC=CC[C@@H]43)[C@@H]1CCC2O. The molecule has 4 aliphatic carbocycles. The molecule has 19 heavy (non-hydrogen) atoms. The first-order valence-electron chi connectivity index (χ1n) is 8.53. The van der Waals surface area contributed by atoms with Gasteiger partial charge < -0.3 is 5.11 Å². The molecule has 3 saturated carbocycles. The molecule has 1 heteroatoms. The fourth-order valence-electron chi connectivity index (χ4n) is 6.39. The van der Waals surface area contributed by atoms with Gasteiger partial charge in [-0.05, 0) is 86.4 Å². The van der Waals surface area contributed by atoms with Crippen molar-refractivity contribution < 1.29 is 5.11 Å². The van der Waals surface area contributed by atoms with Crippen LogP contribution >= 0.6 is 0 Å². The number of aliphatic hydroxyl groups excluding tert-OH is 1. The van der Waals surface area contributed by atoms with Gasteiger partial charge in [-0.1, -0.05) is 19.1 Å². The van der Waals surface area contributed by atoms with E-state index in [-0.39, 0.29) is 11.5 Å². The smallest absolute Gasteiger partial charge is 0.0596 e. The van der Waals surface area contributed by atoms with Crippen molar-refractivity contribution >= 4 is 0 Å². The molecule has 0 radical (unpaired) electrons. The van der Waals surface area contributed by atoms with Crippen LogP contribution in [0.5, 0.6) is 0 Å². The summed E-state index contributed by atoms with van der Waals surface area (Å²) >= 11 is 0. The molecule has 106 valence electrons. The minimum absolute atomic E-state index is 0.0116. The van der Waals surface area contributed by atoms with Crippen LogP contribution in [-0.4, -0.2) is 11.2 Å². The molecule has 1 unspecified atom stereocenters. The highest BCUT2D eigenvalue weighted by Crippen LogP contribution is 2.61. The molecule has 3 fully saturated rings. The Morgan fingerprint density at radius 3 is 2.63 bits per heavy atom. The van der Waals surface area contributed by atoms with Crippen molar-refractivity contribution in [3.05, 3.63) is 12.2 Å². The summed E-state index contributed by atoms with van der Waals surface area (Å²) in [5.41, 5.74) is 0.262. The van der Waals surface area contributed by atoms with E-state index in [0.29, 0.717) is 0 Å². The van der Waals surface area contributed by atoms with Crippen molar-refractivity contribution in [3.63, 3.8) is 0 Å². The number of fused-ring (bicyclic) bond motifs is 5. The predicted molar refractivity (Wildman–Crippen MR) is 77.6 cm³/mol. The second-order valence-electron chi connectivity index (χ2n) is 8.02. The lowest BCUT2D eigenvalue weighted by Gasteiger charge is -2.54. The highest BCUT2D eigenvalue weighted by atomic mass is 16.3. The summed E-state index contributed by atoms with van der Waals surface area (Å²) in [4.78, 5) is 0. The van der Waals surface area contributed by atoms with Crippen molar-refractivity contribution in [1.82, 2.24) is 0 Å². The summed E-state index contributed by atoms with van der Waals surface area (Å²) < 4.78 is 0. The standard InChI is InChI=1S/C18H28O/c1-18-11-10-14-13-5-3-2-4-12(13)6-7-15(14)16(18)8-9-17(18)19/h2-3,12-17,19H,4-11H2,1H3/t12-,13+,14-,15-,16+,17?,18+/m1/s1. The summed E-state index contributed by atoms with van der Waals surface area (Å²) in [5.74, 6) is 4.71. The maximum Gasteiger partial charge on any atom is 0.0596 e. The molecule has 0 aromatic rings. The summed E-state index contributed by atoms with van der Waals surface area (Å²) in [6.45, 7) is 2.39. The number of aliphatic hydroxyl groups is 1. The van der Waals surface area contributed by atoms with E-state index in [9.17, 15) is 5.11 Å². The molecule has 1 nitrogen and oxygen atoms in total. The summed E-state index contributed by atoms with van der Waals surface area (Å²) in [6.07, 6.45) is 15.5. The van der Waals surface area contributed by atoms with Gasteiger partial charge in [0.2, 0.25) is 0 Å². The van der Waals surface area contributed by atoms with Crippen molar-refractivity contribution in [2.75, 3.05) is 0 Å². The lowest BCUT2D eigenvalue weighted by atomic mass is 9.51. The molecule has 0 aliphatic heterocycles. The number of rotatable bonds is 0. The fourth-order valence-corrected chi connectivity index (χ4v) is 6.39. The van der Waals surface area contributed by atoms with Gasteiger partial charge in [-0.2, -0.15) is 0 Å². The summed E-state index contributed by atoms with van der Waals surface area (Å²) in [7, 11) is 0. The van der Waals surface area contributed by atoms with Gasteiger partial charge in [0, 0.05) is 0 Å². The molecule has 0 aromatic carbocycles. The highest BCUT2D eigenvalue weighted by Gasteiger charge is 2.56. The number of allylic oxidation sites excluding steroid dienone is 2. The first-order valence-corrected chi connectivity index (χ1v) is 8.53. The zero-order chi connectivity index (χ0) is 13.0. The monoisotopic (exact) mass is 260 g/mol. The Kier molecular flexibility index (Phi) is 2.85. The molecule has 0 spiro atoms. The van der Waals surface area contributed by atoms with Gasteiger partial charge in [-0.15, -0.1) is 0 Å². The van der Waals surface area contributed by atoms with Crippen LogP contribution in [0.25, 0.3) is 0 Å². The fraction of sp³-hybridized carbons (Fsp3) is 0.889. The molecular weight excluding hydrogens is 232 g/mol. The second kappa shape index (κ2) is 4.35. The van der Waals surface area contributed by atoms with E-state index in [4.69, 9.17) is 0 Å². The van der Waals surface area contributed by atoms with Gasteiger partial charge in [0.1, 0.15) is 0 Å². The van der Waals surface area contributed by atoms with Crippen LogP contribution in [0.4, 0.5) is 0 Å². The normalized spacial score (nSPS) is 56.3. The summed E-state index contributed by atoms with van der Waals surface area (Å²) in [5, 5.41) is 10.4. The minimum Gasteiger partial charge on any atom is -0.393 e. The lowest BCUT2D eigenvalue weighted by molar-refractivity contribution is -0.0739. The van der Waals surface area contributed by atoms with Crippen molar-refractivity contribution in [3.8, 4) is 0 Å². The average molecular weight is 260 g/mol. The molecule has 0 amide bonds. The predicted octanol–water partition coefficient (Wildman–Crippen LogP) is 4.17. The molecule has 1 N–H and O–H groups in total. The van der Waals surface area contributed by atoms with Crippen molar-refractivity contribution in [1.29, 1.82) is 0 Å². The van der Waals surface area contributed by atoms with E-state index < -0.39 is 0 Å². The topological polar surface area (TPSA) is 20.2 Å². The van der Waals surface area contributed by atoms with Crippen molar-refractivity contribution in [2.45, 2.75) is 64.4 Å². The maximum atomic E-state index is 10.4. The van der Waals surface area contributed by atoms with E-state index in [0.717, 1.165) is 36.0 Å². The third kappa shape index (κ3) is 1.70. The molecule has 0 saturated heterocycles. The van der Waals surface area contributed by atoms with Crippen LogP contribution in [0.15, 0.2) is 12.2 Å². The zero-order valence-corrected chi connectivity index (χ0v) is 12.2. The van der Waals surface area contributed by atoms with Crippen LogP contribution in [0, 0.1) is 35.0 Å². The van der Waals surface area contributed by atoms with E-state index in [1.165, 1.54) is 44.9 Å². The third-order valence-electron chi connectivity index (χ3n) is 7.48. The molecule has 0 bridgehead atoms. The molecule has 4 rings (SSSR count). The van der Waals surface area contributed by atoms with E-state index >= 15 is 0 Å². The maximum absolute atomic E-state index is 10.4. The Morgan fingerprint density at radius 1 is 0.895 bits per heavy atom.